The molecule has 2 nitrogen and oxygen atoms in total. The fourth-order valence-electron chi connectivity index (χ4n) is 1.29. The SMILES string of the molecule is CC(C)(C)c1cccc(C=CC(N)=O)c1. The third-order valence-corrected chi connectivity index (χ3v) is 2.19. The quantitative estimate of drug-likeness (QED) is 0.737. The predicted molar refractivity (Wildman–Crippen MR) is 63.4 cm³/mol. The average Bonchev–Trinajstić information content (AvgIpc) is 2.14. The number of carbonyl (C=O) groups excluding carboxylic acids is 1. The van der Waals surface area contributed by atoms with Gasteiger partial charge in [0.15, 0.2) is 0 Å². The van der Waals surface area contributed by atoms with Crippen LogP contribution in [-0.2, 0) is 10.2 Å². The number of hydrogen-bond acceptors (Lipinski definition) is 1. The molecule has 0 bridgehead atoms. The molecule has 0 fully saturated rings. The fourth-order valence-corrected chi connectivity index (χ4v) is 1.29. The van der Waals surface area contributed by atoms with Gasteiger partial charge in [-0.2, -0.15) is 0 Å². The summed E-state index contributed by atoms with van der Waals surface area (Å²) in [5.41, 5.74) is 7.41. The van der Waals surface area contributed by atoms with Crippen LogP contribution in [0.3, 0.4) is 0 Å². The first-order valence-electron chi connectivity index (χ1n) is 4.97. The van der Waals surface area contributed by atoms with Crippen LogP contribution in [0.4, 0.5) is 0 Å². The van der Waals surface area contributed by atoms with Crippen molar-refractivity contribution in [3.05, 3.63) is 41.5 Å². The first-order chi connectivity index (χ1) is 6.89. The summed E-state index contributed by atoms with van der Waals surface area (Å²) in [5, 5.41) is 0. The van der Waals surface area contributed by atoms with Crippen LogP contribution < -0.4 is 5.73 Å². The zero-order valence-electron chi connectivity index (χ0n) is 9.45. The molecule has 1 aromatic rings. The van der Waals surface area contributed by atoms with Gasteiger partial charge in [-0.15, -0.1) is 0 Å². The van der Waals surface area contributed by atoms with Gasteiger partial charge in [0.05, 0.1) is 0 Å². The topological polar surface area (TPSA) is 43.1 Å². The summed E-state index contributed by atoms with van der Waals surface area (Å²) in [6, 6.07) is 8.09. The second kappa shape index (κ2) is 4.30. The molecule has 80 valence electrons. The van der Waals surface area contributed by atoms with Gasteiger partial charge in [-0.1, -0.05) is 45.0 Å². The predicted octanol–water partition coefficient (Wildman–Crippen LogP) is 2.48. The van der Waals surface area contributed by atoms with E-state index in [1.807, 2.05) is 12.1 Å². The van der Waals surface area contributed by atoms with E-state index in [1.165, 1.54) is 11.6 Å². The summed E-state index contributed by atoms with van der Waals surface area (Å²) in [7, 11) is 0. The lowest BCUT2D eigenvalue weighted by molar-refractivity contribution is -0.113. The summed E-state index contributed by atoms with van der Waals surface area (Å²) in [6.07, 6.45) is 3.11. The van der Waals surface area contributed by atoms with E-state index in [1.54, 1.807) is 6.08 Å². The van der Waals surface area contributed by atoms with Crippen molar-refractivity contribution in [2.75, 3.05) is 0 Å². The third-order valence-electron chi connectivity index (χ3n) is 2.19. The van der Waals surface area contributed by atoms with Gasteiger partial charge >= 0.3 is 0 Å². The molecule has 0 atom stereocenters. The summed E-state index contributed by atoms with van der Waals surface area (Å²) < 4.78 is 0. The second-order valence-electron chi connectivity index (χ2n) is 4.61. The molecule has 1 amide bonds. The van der Waals surface area contributed by atoms with Gasteiger partial charge in [-0.3, -0.25) is 4.79 Å². The second-order valence-corrected chi connectivity index (χ2v) is 4.61. The number of benzene rings is 1. The smallest absolute Gasteiger partial charge is 0.241 e. The molecule has 0 radical (unpaired) electrons. The number of nitrogens with two attached hydrogens (primary N) is 1. The molecule has 15 heavy (non-hydrogen) atoms. The molecule has 1 rings (SSSR count). The summed E-state index contributed by atoms with van der Waals surface area (Å²) in [5.74, 6) is -0.420. The van der Waals surface area contributed by atoms with Crippen molar-refractivity contribution in [2.45, 2.75) is 26.2 Å². The lowest BCUT2D eigenvalue weighted by atomic mass is 9.86. The standard InChI is InChI=1S/C13H17NO/c1-13(2,3)11-6-4-5-10(9-11)7-8-12(14)15/h4-9H,1-3H3,(H2,14,15). The van der Waals surface area contributed by atoms with Crippen LogP contribution in [-0.4, -0.2) is 5.91 Å². The van der Waals surface area contributed by atoms with Crippen LogP contribution in [0, 0.1) is 0 Å². The first-order valence-corrected chi connectivity index (χ1v) is 4.97. The number of amides is 1. The highest BCUT2D eigenvalue weighted by Crippen LogP contribution is 2.23. The number of rotatable bonds is 2. The van der Waals surface area contributed by atoms with E-state index in [4.69, 9.17) is 5.73 Å². The monoisotopic (exact) mass is 203 g/mol. The summed E-state index contributed by atoms with van der Waals surface area (Å²) in [6.45, 7) is 6.47. The van der Waals surface area contributed by atoms with E-state index in [0.717, 1.165) is 5.56 Å². The highest BCUT2D eigenvalue weighted by molar-refractivity contribution is 5.90. The highest BCUT2D eigenvalue weighted by Gasteiger charge is 2.12. The molecule has 0 aliphatic heterocycles. The maximum atomic E-state index is 10.6. The van der Waals surface area contributed by atoms with Crippen LogP contribution >= 0.6 is 0 Å². The van der Waals surface area contributed by atoms with E-state index in [2.05, 4.69) is 32.9 Å². The molecule has 2 heteroatoms. The number of primary amides is 1. The van der Waals surface area contributed by atoms with Crippen molar-refractivity contribution in [2.24, 2.45) is 5.73 Å². The first kappa shape index (κ1) is 11.5. The molecule has 0 spiro atoms. The minimum atomic E-state index is -0.420. The van der Waals surface area contributed by atoms with E-state index in [0.29, 0.717) is 0 Å². The minimum Gasteiger partial charge on any atom is -0.366 e. The molecule has 0 aliphatic carbocycles. The Labute approximate surface area is 90.8 Å². The molecule has 0 heterocycles. The molecule has 2 N–H and O–H groups in total. The maximum Gasteiger partial charge on any atom is 0.241 e. The van der Waals surface area contributed by atoms with Gasteiger partial charge in [-0.05, 0) is 22.6 Å². The largest absolute Gasteiger partial charge is 0.366 e. The molecule has 0 saturated carbocycles. The van der Waals surface area contributed by atoms with E-state index < -0.39 is 5.91 Å². The van der Waals surface area contributed by atoms with E-state index in [9.17, 15) is 4.79 Å². The minimum absolute atomic E-state index is 0.122. The fraction of sp³-hybridized carbons (Fsp3) is 0.308. The summed E-state index contributed by atoms with van der Waals surface area (Å²) in [4.78, 5) is 10.6. The Hall–Kier alpha value is -1.57. The normalized spacial score (nSPS) is 11.9. The molecule has 1 aromatic carbocycles. The van der Waals surface area contributed by atoms with Crippen LogP contribution in [0.5, 0.6) is 0 Å². The van der Waals surface area contributed by atoms with Crippen molar-refractivity contribution in [3.63, 3.8) is 0 Å². The van der Waals surface area contributed by atoms with Crippen molar-refractivity contribution in [1.82, 2.24) is 0 Å². The Morgan fingerprint density at radius 1 is 1.33 bits per heavy atom. The summed E-state index contributed by atoms with van der Waals surface area (Å²) >= 11 is 0. The van der Waals surface area contributed by atoms with Crippen LogP contribution in [0.25, 0.3) is 6.08 Å². The Kier molecular flexibility index (Phi) is 3.30. The van der Waals surface area contributed by atoms with Crippen molar-refractivity contribution < 1.29 is 4.79 Å². The van der Waals surface area contributed by atoms with Gasteiger partial charge in [-0.25, -0.2) is 0 Å². The van der Waals surface area contributed by atoms with Crippen LogP contribution in [0.1, 0.15) is 31.9 Å². The van der Waals surface area contributed by atoms with Crippen LogP contribution in [0.15, 0.2) is 30.3 Å². The maximum absolute atomic E-state index is 10.6. The molecule has 0 aromatic heterocycles. The van der Waals surface area contributed by atoms with E-state index in [-0.39, 0.29) is 5.41 Å². The number of hydrogen-bond donors (Lipinski definition) is 1. The zero-order valence-corrected chi connectivity index (χ0v) is 9.45. The average molecular weight is 203 g/mol. The van der Waals surface area contributed by atoms with Crippen molar-refractivity contribution in [1.29, 1.82) is 0 Å². The Morgan fingerprint density at radius 2 is 2.00 bits per heavy atom. The number of carbonyl (C=O) groups is 1. The van der Waals surface area contributed by atoms with Gasteiger partial charge in [0.2, 0.25) is 5.91 Å². The molecular weight excluding hydrogens is 186 g/mol. The van der Waals surface area contributed by atoms with Gasteiger partial charge in [0.1, 0.15) is 0 Å². The lowest BCUT2D eigenvalue weighted by Crippen LogP contribution is -2.10. The lowest BCUT2D eigenvalue weighted by Gasteiger charge is -2.19. The zero-order chi connectivity index (χ0) is 11.5. The Balaban J connectivity index is 2.98. The highest BCUT2D eigenvalue weighted by atomic mass is 16.1. The Morgan fingerprint density at radius 3 is 2.53 bits per heavy atom. The van der Waals surface area contributed by atoms with Gasteiger partial charge in [0.25, 0.3) is 0 Å². The molecule has 0 saturated heterocycles. The van der Waals surface area contributed by atoms with Crippen molar-refractivity contribution >= 4 is 12.0 Å². The molecule has 0 unspecified atom stereocenters. The molecule has 0 aliphatic rings. The van der Waals surface area contributed by atoms with Crippen molar-refractivity contribution in [3.8, 4) is 0 Å². The Bertz CT molecular complexity index is 386. The van der Waals surface area contributed by atoms with Gasteiger partial charge in [0, 0.05) is 6.08 Å². The van der Waals surface area contributed by atoms with Gasteiger partial charge < -0.3 is 5.73 Å². The molecular formula is C13H17NO. The third kappa shape index (κ3) is 3.58. The van der Waals surface area contributed by atoms with Crippen LogP contribution in [0.2, 0.25) is 0 Å². The van der Waals surface area contributed by atoms with E-state index >= 15 is 0 Å².